The summed E-state index contributed by atoms with van der Waals surface area (Å²) in [6.45, 7) is 5.42. The maximum absolute atomic E-state index is 11.7. The highest BCUT2D eigenvalue weighted by atomic mass is 16.1. The zero-order chi connectivity index (χ0) is 11.3. The van der Waals surface area contributed by atoms with E-state index in [2.05, 4.69) is 11.9 Å². The SMILES string of the molecule is C=C(C)C(=O)C(Cc1ccccc1)NC. The predicted octanol–water partition coefficient (Wildman–Crippen LogP) is 1.96. The van der Waals surface area contributed by atoms with E-state index in [1.54, 1.807) is 14.0 Å². The Hall–Kier alpha value is -1.41. The fourth-order valence-electron chi connectivity index (χ4n) is 1.47. The minimum absolute atomic E-state index is 0.0846. The molecule has 0 aromatic heterocycles. The van der Waals surface area contributed by atoms with E-state index >= 15 is 0 Å². The summed E-state index contributed by atoms with van der Waals surface area (Å²) in [5.41, 5.74) is 1.76. The van der Waals surface area contributed by atoms with Crippen LogP contribution in [0.4, 0.5) is 0 Å². The molecule has 80 valence electrons. The Morgan fingerprint density at radius 2 is 2.00 bits per heavy atom. The molecule has 2 heteroatoms. The maximum atomic E-state index is 11.7. The van der Waals surface area contributed by atoms with Gasteiger partial charge in [-0.25, -0.2) is 0 Å². The number of rotatable bonds is 5. The van der Waals surface area contributed by atoms with E-state index in [9.17, 15) is 4.79 Å². The van der Waals surface area contributed by atoms with Crippen LogP contribution in [0.5, 0.6) is 0 Å². The normalized spacial score (nSPS) is 12.1. The van der Waals surface area contributed by atoms with Crippen LogP contribution in [-0.4, -0.2) is 18.9 Å². The van der Waals surface area contributed by atoms with Gasteiger partial charge in [-0.2, -0.15) is 0 Å². The summed E-state index contributed by atoms with van der Waals surface area (Å²) < 4.78 is 0. The molecule has 0 aliphatic heterocycles. The first-order valence-corrected chi connectivity index (χ1v) is 5.06. The van der Waals surface area contributed by atoms with E-state index in [0.717, 1.165) is 5.56 Å². The second-order valence-electron chi connectivity index (χ2n) is 3.68. The lowest BCUT2D eigenvalue weighted by atomic mass is 9.99. The van der Waals surface area contributed by atoms with Crippen molar-refractivity contribution in [2.45, 2.75) is 19.4 Å². The second-order valence-corrected chi connectivity index (χ2v) is 3.68. The summed E-state index contributed by atoms with van der Waals surface area (Å²) in [5.74, 6) is 0.0846. The average Bonchev–Trinajstić information content (AvgIpc) is 2.26. The van der Waals surface area contributed by atoms with Gasteiger partial charge in [-0.3, -0.25) is 4.79 Å². The van der Waals surface area contributed by atoms with Gasteiger partial charge in [0, 0.05) is 0 Å². The number of benzene rings is 1. The zero-order valence-corrected chi connectivity index (χ0v) is 9.29. The molecular weight excluding hydrogens is 186 g/mol. The monoisotopic (exact) mass is 203 g/mol. The van der Waals surface area contributed by atoms with Crippen molar-refractivity contribution < 1.29 is 4.79 Å². The van der Waals surface area contributed by atoms with Crippen LogP contribution in [-0.2, 0) is 11.2 Å². The summed E-state index contributed by atoms with van der Waals surface area (Å²) in [4.78, 5) is 11.7. The molecular formula is C13H17NO. The van der Waals surface area contributed by atoms with Crippen LogP contribution in [0.25, 0.3) is 0 Å². The molecule has 1 N–H and O–H groups in total. The summed E-state index contributed by atoms with van der Waals surface area (Å²) in [6, 6.07) is 9.82. The van der Waals surface area contributed by atoms with Gasteiger partial charge in [-0.15, -0.1) is 0 Å². The second kappa shape index (κ2) is 5.47. The molecule has 0 saturated heterocycles. The number of carbonyl (C=O) groups is 1. The van der Waals surface area contributed by atoms with Gasteiger partial charge in [0.15, 0.2) is 5.78 Å². The van der Waals surface area contributed by atoms with E-state index in [0.29, 0.717) is 12.0 Å². The molecule has 2 nitrogen and oxygen atoms in total. The van der Waals surface area contributed by atoms with Crippen molar-refractivity contribution >= 4 is 5.78 Å². The van der Waals surface area contributed by atoms with Crippen LogP contribution in [0.1, 0.15) is 12.5 Å². The van der Waals surface area contributed by atoms with Crippen LogP contribution >= 0.6 is 0 Å². The Kier molecular flexibility index (Phi) is 4.25. The Morgan fingerprint density at radius 3 is 2.47 bits per heavy atom. The smallest absolute Gasteiger partial charge is 0.175 e. The number of hydrogen-bond acceptors (Lipinski definition) is 2. The standard InChI is InChI=1S/C13H17NO/c1-10(2)13(15)12(14-3)9-11-7-5-4-6-8-11/h4-8,12,14H,1,9H2,2-3H3. The molecule has 0 fully saturated rings. The third-order valence-electron chi connectivity index (χ3n) is 2.37. The van der Waals surface area contributed by atoms with Crippen LogP contribution in [0.3, 0.4) is 0 Å². The number of likely N-dealkylation sites (N-methyl/N-ethyl adjacent to an activating group) is 1. The van der Waals surface area contributed by atoms with E-state index in [1.165, 1.54) is 0 Å². The largest absolute Gasteiger partial charge is 0.310 e. The molecule has 1 unspecified atom stereocenters. The van der Waals surface area contributed by atoms with Gasteiger partial charge in [0.05, 0.1) is 6.04 Å². The molecule has 1 rings (SSSR count). The van der Waals surface area contributed by atoms with Gasteiger partial charge in [0.1, 0.15) is 0 Å². The van der Waals surface area contributed by atoms with Crippen molar-refractivity contribution in [1.82, 2.24) is 5.32 Å². The number of Topliss-reactive ketones (excluding diaryl/α,β-unsaturated/α-hetero) is 1. The van der Waals surface area contributed by atoms with Crippen LogP contribution in [0.15, 0.2) is 42.5 Å². The lowest BCUT2D eigenvalue weighted by Crippen LogP contribution is -2.36. The van der Waals surface area contributed by atoms with Gasteiger partial charge in [-0.05, 0) is 31.5 Å². The molecule has 0 aliphatic rings. The Balaban J connectivity index is 2.70. The lowest BCUT2D eigenvalue weighted by molar-refractivity contribution is -0.117. The topological polar surface area (TPSA) is 29.1 Å². The fourth-order valence-corrected chi connectivity index (χ4v) is 1.47. The summed E-state index contributed by atoms with van der Waals surface area (Å²) in [6.07, 6.45) is 0.711. The summed E-state index contributed by atoms with van der Waals surface area (Å²) in [7, 11) is 1.80. The minimum atomic E-state index is -0.162. The van der Waals surface area contributed by atoms with Gasteiger partial charge in [-0.1, -0.05) is 36.9 Å². The Morgan fingerprint density at radius 1 is 1.40 bits per heavy atom. The van der Waals surface area contributed by atoms with Crippen LogP contribution in [0, 0.1) is 0 Å². The predicted molar refractivity (Wildman–Crippen MR) is 62.8 cm³/mol. The molecule has 0 radical (unpaired) electrons. The van der Waals surface area contributed by atoms with E-state index < -0.39 is 0 Å². The molecule has 0 aliphatic carbocycles. The average molecular weight is 203 g/mol. The first kappa shape index (κ1) is 11.7. The molecule has 0 bridgehead atoms. The maximum Gasteiger partial charge on any atom is 0.175 e. The summed E-state index contributed by atoms with van der Waals surface area (Å²) in [5, 5.41) is 3.02. The molecule has 0 spiro atoms. The highest BCUT2D eigenvalue weighted by Gasteiger charge is 2.16. The first-order valence-electron chi connectivity index (χ1n) is 5.06. The first-order chi connectivity index (χ1) is 7.15. The van der Waals surface area contributed by atoms with Crippen molar-refractivity contribution in [3.8, 4) is 0 Å². The van der Waals surface area contributed by atoms with Gasteiger partial charge >= 0.3 is 0 Å². The van der Waals surface area contributed by atoms with Crippen LogP contribution < -0.4 is 5.32 Å². The summed E-state index contributed by atoms with van der Waals surface area (Å²) >= 11 is 0. The third kappa shape index (κ3) is 3.33. The highest BCUT2D eigenvalue weighted by Crippen LogP contribution is 2.06. The minimum Gasteiger partial charge on any atom is -0.310 e. The molecule has 1 atom stereocenters. The van der Waals surface area contributed by atoms with Crippen molar-refractivity contribution in [2.75, 3.05) is 7.05 Å². The van der Waals surface area contributed by atoms with Crippen molar-refractivity contribution in [3.05, 3.63) is 48.0 Å². The molecule has 15 heavy (non-hydrogen) atoms. The third-order valence-corrected chi connectivity index (χ3v) is 2.37. The number of nitrogens with one attached hydrogen (secondary N) is 1. The molecule has 1 aromatic rings. The van der Waals surface area contributed by atoms with Gasteiger partial charge in [0.25, 0.3) is 0 Å². The van der Waals surface area contributed by atoms with Crippen molar-refractivity contribution in [1.29, 1.82) is 0 Å². The molecule has 0 amide bonds. The van der Waals surface area contributed by atoms with Gasteiger partial charge < -0.3 is 5.32 Å². The molecule has 0 saturated carbocycles. The van der Waals surface area contributed by atoms with Crippen molar-refractivity contribution in [2.24, 2.45) is 0 Å². The zero-order valence-electron chi connectivity index (χ0n) is 9.29. The number of hydrogen-bond donors (Lipinski definition) is 1. The van der Waals surface area contributed by atoms with E-state index in [4.69, 9.17) is 0 Å². The Bertz CT molecular complexity index is 343. The lowest BCUT2D eigenvalue weighted by Gasteiger charge is -2.14. The fraction of sp³-hybridized carbons (Fsp3) is 0.308. The quantitative estimate of drug-likeness (QED) is 0.741. The number of carbonyl (C=O) groups excluding carboxylic acids is 1. The highest BCUT2D eigenvalue weighted by molar-refractivity contribution is 5.98. The molecule has 1 aromatic carbocycles. The van der Waals surface area contributed by atoms with Crippen molar-refractivity contribution in [3.63, 3.8) is 0 Å². The Labute approximate surface area is 91.0 Å². The van der Waals surface area contributed by atoms with Gasteiger partial charge in [0.2, 0.25) is 0 Å². The number of ketones is 1. The van der Waals surface area contributed by atoms with Crippen LogP contribution in [0.2, 0.25) is 0 Å². The van der Waals surface area contributed by atoms with E-state index in [1.807, 2.05) is 30.3 Å². The molecule has 0 heterocycles. The van der Waals surface area contributed by atoms with E-state index in [-0.39, 0.29) is 11.8 Å².